The van der Waals surface area contributed by atoms with E-state index in [2.05, 4.69) is 0 Å². The van der Waals surface area contributed by atoms with Gasteiger partial charge in [-0.3, -0.25) is 23.6 Å². The van der Waals surface area contributed by atoms with Crippen molar-refractivity contribution >= 4 is 5.97 Å². The molecule has 1 aromatic heterocycles. The molecule has 1 heterocycles. The topological polar surface area (TPSA) is 73.5 Å². The first-order valence-corrected chi connectivity index (χ1v) is 8.10. The van der Waals surface area contributed by atoms with Crippen molar-refractivity contribution in [2.45, 2.75) is 20.0 Å². The van der Waals surface area contributed by atoms with Gasteiger partial charge in [-0.25, -0.2) is 4.79 Å². The Bertz CT molecular complexity index is 840. The third-order valence-corrected chi connectivity index (χ3v) is 3.92. The van der Waals surface area contributed by atoms with Crippen LogP contribution >= 0.6 is 0 Å². The number of rotatable bonds is 7. The van der Waals surface area contributed by atoms with Gasteiger partial charge in [0.25, 0.3) is 5.56 Å². The van der Waals surface area contributed by atoms with Crippen LogP contribution in [0.3, 0.4) is 0 Å². The smallest absolute Gasteiger partial charge is 0.330 e. The lowest BCUT2D eigenvalue weighted by atomic mass is 10.2. The van der Waals surface area contributed by atoms with Gasteiger partial charge in [0, 0.05) is 38.9 Å². The largest absolute Gasteiger partial charge is 0.465 e. The Morgan fingerprint density at radius 2 is 1.76 bits per heavy atom. The summed E-state index contributed by atoms with van der Waals surface area (Å²) in [5, 5.41) is 0. The summed E-state index contributed by atoms with van der Waals surface area (Å²) in [5.41, 5.74) is 0.821. The molecule has 0 spiro atoms. The van der Waals surface area contributed by atoms with Crippen LogP contribution in [0.5, 0.6) is 0 Å². The van der Waals surface area contributed by atoms with E-state index in [1.807, 2.05) is 35.2 Å². The van der Waals surface area contributed by atoms with Crippen molar-refractivity contribution in [1.82, 2.24) is 14.0 Å². The molecule has 25 heavy (non-hydrogen) atoms. The minimum Gasteiger partial charge on any atom is -0.465 e. The summed E-state index contributed by atoms with van der Waals surface area (Å²) >= 11 is 0. The standard InChI is InChI=1S/C18H23N3O4/c1-4-25-17(23)13-21(11-14-8-6-5-7-9-14)12-15-10-16(22)20(3)18(24)19(15)2/h5-10H,4,11-13H2,1-3H3. The Kier molecular flexibility index (Phi) is 6.30. The van der Waals surface area contributed by atoms with Gasteiger partial charge in [-0.2, -0.15) is 0 Å². The van der Waals surface area contributed by atoms with Crippen molar-refractivity contribution < 1.29 is 9.53 Å². The molecule has 0 unspecified atom stereocenters. The highest BCUT2D eigenvalue weighted by atomic mass is 16.5. The number of carbonyl (C=O) groups excluding carboxylic acids is 1. The van der Waals surface area contributed by atoms with E-state index in [9.17, 15) is 14.4 Å². The lowest BCUT2D eigenvalue weighted by molar-refractivity contribution is -0.144. The highest BCUT2D eigenvalue weighted by Crippen LogP contribution is 2.08. The van der Waals surface area contributed by atoms with Gasteiger partial charge in [0.05, 0.1) is 13.2 Å². The summed E-state index contributed by atoms with van der Waals surface area (Å²) in [5.74, 6) is -0.340. The van der Waals surface area contributed by atoms with Crippen LogP contribution in [0.4, 0.5) is 0 Å². The summed E-state index contributed by atoms with van der Waals surface area (Å²) in [7, 11) is 3.05. The van der Waals surface area contributed by atoms with E-state index in [0.29, 0.717) is 18.8 Å². The molecular formula is C18H23N3O4. The van der Waals surface area contributed by atoms with Gasteiger partial charge >= 0.3 is 11.7 Å². The van der Waals surface area contributed by atoms with E-state index in [4.69, 9.17) is 4.74 Å². The van der Waals surface area contributed by atoms with Gasteiger partial charge in [0.15, 0.2) is 0 Å². The molecule has 0 N–H and O–H groups in total. The van der Waals surface area contributed by atoms with Crippen LogP contribution < -0.4 is 11.2 Å². The number of ether oxygens (including phenoxy) is 1. The van der Waals surface area contributed by atoms with E-state index >= 15 is 0 Å². The predicted octanol–water partition coefficient (Wildman–Crippen LogP) is 0.649. The maximum atomic E-state index is 12.1. The fourth-order valence-corrected chi connectivity index (χ4v) is 2.56. The van der Waals surface area contributed by atoms with Crippen molar-refractivity contribution in [2.24, 2.45) is 14.1 Å². The molecule has 0 radical (unpaired) electrons. The summed E-state index contributed by atoms with van der Waals surface area (Å²) in [6.45, 7) is 2.93. The van der Waals surface area contributed by atoms with E-state index in [-0.39, 0.29) is 24.6 Å². The summed E-state index contributed by atoms with van der Waals surface area (Å²) in [4.78, 5) is 37.8. The fourth-order valence-electron chi connectivity index (χ4n) is 2.56. The van der Waals surface area contributed by atoms with Crippen LogP contribution in [-0.2, 0) is 36.7 Å². The average Bonchev–Trinajstić information content (AvgIpc) is 2.59. The Morgan fingerprint density at radius 3 is 2.40 bits per heavy atom. The zero-order valence-electron chi connectivity index (χ0n) is 14.8. The van der Waals surface area contributed by atoms with Crippen LogP contribution in [0.1, 0.15) is 18.2 Å². The summed E-state index contributed by atoms with van der Waals surface area (Å²) in [6.07, 6.45) is 0. The second-order valence-corrected chi connectivity index (χ2v) is 5.81. The molecule has 7 nitrogen and oxygen atoms in total. The number of nitrogens with zero attached hydrogens (tertiary/aromatic N) is 3. The van der Waals surface area contributed by atoms with Gasteiger partial charge in [-0.1, -0.05) is 30.3 Å². The van der Waals surface area contributed by atoms with E-state index in [1.165, 1.54) is 17.7 Å². The molecule has 1 aromatic carbocycles. The molecule has 7 heteroatoms. The van der Waals surface area contributed by atoms with Crippen molar-refractivity contribution in [1.29, 1.82) is 0 Å². The normalized spacial score (nSPS) is 10.9. The van der Waals surface area contributed by atoms with Crippen LogP contribution in [-0.4, -0.2) is 33.2 Å². The van der Waals surface area contributed by atoms with Crippen molar-refractivity contribution in [2.75, 3.05) is 13.2 Å². The minimum atomic E-state index is -0.390. The minimum absolute atomic E-state index is 0.0755. The molecule has 0 amide bonds. The molecule has 2 aromatic rings. The highest BCUT2D eigenvalue weighted by Gasteiger charge is 2.15. The maximum Gasteiger partial charge on any atom is 0.330 e. The molecule has 0 bridgehead atoms. The molecule has 0 aliphatic carbocycles. The number of hydrogen-bond donors (Lipinski definition) is 0. The first kappa shape index (κ1) is 18.7. The van der Waals surface area contributed by atoms with Crippen LogP contribution in [0.2, 0.25) is 0 Å². The van der Waals surface area contributed by atoms with Gasteiger partial charge in [-0.05, 0) is 12.5 Å². The first-order chi connectivity index (χ1) is 11.9. The van der Waals surface area contributed by atoms with Crippen molar-refractivity contribution in [3.63, 3.8) is 0 Å². The molecule has 0 saturated carbocycles. The Balaban J connectivity index is 2.28. The van der Waals surface area contributed by atoms with Crippen LogP contribution in [0, 0.1) is 0 Å². The fraction of sp³-hybridized carbons (Fsp3) is 0.389. The number of carbonyl (C=O) groups is 1. The van der Waals surface area contributed by atoms with Crippen LogP contribution in [0.25, 0.3) is 0 Å². The second kappa shape index (κ2) is 8.43. The monoisotopic (exact) mass is 345 g/mol. The van der Waals surface area contributed by atoms with Gasteiger partial charge in [0.2, 0.25) is 0 Å². The Morgan fingerprint density at radius 1 is 1.08 bits per heavy atom. The number of esters is 1. The molecule has 0 saturated heterocycles. The summed E-state index contributed by atoms with van der Waals surface area (Å²) in [6, 6.07) is 11.1. The Hall–Kier alpha value is -2.67. The zero-order valence-corrected chi connectivity index (χ0v) is 14.8. The molecule has 2 rings (SSSR count). The molecule has 0 fully saturated rings. The molecule has 0 aliphatic rings. The lowest BCUT2D eigenvalue weighted by Gasteiger charge is -2.22. The van der Waals surface area contributed by atoms with E-state index in [1.54, 1.807) is 14.0 Å². The van der Waals surface area contributed by atoms with Gasteiger partial charge in [-0.15, -0.1) is 0 Å². The van der Waals surface area contributed by atoms with Gasteiger partial charge < -0.3 is 4.74 Å². The second-order valence-electron chi connectivity index (χ2n) is 5.81. The number of benzene rings is 1. The molecular weight excluding hydrogens is 322 g/mol. The van der Waals surface area contributed by atoms with Gasteiger partial charge in [0.1, 0.15) is 0 Å². The SMILES string of the molecule is CCOC(=O)CN(Cc1ccccc1)Cc1cc(=O)n(C)c(=O)n1C. The predicted molar refractivity (Wildman–Crippen MR) is 94.1 cm³/mol. The van der Waals surface area contributed by atoms with E-state index in [0.717, 1.165) is 10.1 Å². The molecule has 134 valence electrons. The van der Waals surface area contributed by atoms with Crippen LogP contribution in [0.15, 0.2) is 46.0 Å². The quantitative estimate of drug-likeness (QED) is 0.689. The third kappa shape index (κ3) is 4.90. The number of aromatic nitrogens is 2. The van der Waals surface area contributed by atoms with E-state index < -0.39 is 5.69 Å². The first-order valence-electron chi connectivity index (χ1n) is 8.10. The highest BCUT2D eigenvalue weighted by molar-refractivity contribution is 5.71. The lowest BCUT2D eigenvalue weighted by Crippen LogP contribution is -2.40. The average molecular weight is 345 g/mol. The molecule has 0 atom stereocenters. The van der Waals surface area contributed by atoms with Crippen molar-refractivity contribution in [3.05, 3.63) is 68.5 Å². The zero-order chi connectivity index (χ0) is 18.4. The Labute approximate surface area is 146 Å². The third-order valence-electron chi connectivity index (χ3n) is 3.92. The van der Waals surface area contributed by atoms with Crippen molar-refractivity contribution in [3.8, 4) is 0 Å². The summed E-state index contributed by atoms with van der Waals surface area (Å²) < 4.78 is 7.50. The molecule has 0 aliphatic heterocycles. The maximum absolute atomic E-state index is 12.1. The number of hydrogen-bond acceptors (Lipinski definition) is 5.